The fourth-order valence-corrected chi connectivity index (χ4v) is 2.46. The highest BCUT2D eigenvalue weighted by Crippen LogP contribution is 2.26. The van der Waals surface area contributed by atoms with Crippen LogP contribution < -0.4 is 9.47 Å². The number of hydrogen-bond donors (Lipinski definition) is 0. The van der Waals surface area contributed by atoms with Gasteiger partial charge in [-0.3, -0.25) is 0 Å². The lowest BCUT2D eigenvalue weighted by atomic mass is 10.2. The molecule has 0 bridgehead atoms. The summed E-state index contributed by atoms with van der Waals surface area (Å²) in [6.07, 6.45) is 0. The smallest absolute Gasteiger partial charge is 0.138 e. The van der Waals surface area contributed by atoms with Gasteiger partial charge < -0.3 is 9.47 Å². The van der Waals surface area contributed by atoms with E-state index in [2.05, 4.69) is 31.9 Å². The Hall–Kier alpha value is -0.710. The first-order valence-corrected chi connectivity index (χ1v) is 8.34. The maximum absolute atomic E-state index is 6.13. The Morgan fingerprint density at radius 3 is 2.30 bits per heavy atom. The Bertz CT molecular complexity index is 558. The van der Waals surface area contributed by atoms with E-state index in [-0.39, 0.29) is 0 Å². The summed E-state index contributed by atoms with van der Waals surface area (Å²) in [6, 6.07) is 13.4. The van der Waals surface area contributed by atoms with Gasteiger partial charge in [0.15, 0.2) is 0 Å². The molecule has 0 N–H and O–H groups in total. The highest BCUT2D eigenvalue weighted by molar-refractivity contribution is 9.10. The summed E-state index contributed by atoms with van der Waals surface area (Å²) < 4.78 is 12.2. The molecule has 0 heterocycles. The molecule has 20 heavy (non-hydrogen) atoms. The van der Waals surface area contributed by atoms with Gasteiger partial charge in [0.1, 0.15) is 24.7 Å². The van der Waals surface area contributed by atoms with E-state index in [1.165, 1.54) is 0 Å². The van der Waals surface area contributed by atoms with Gasteiger partial charge in [-0.1, -0.05) is 49.5 Å². The fourth-order valence-electron chi connectivity index (χ4n) is 1.59. The molecule has 0 saturated carbocycles. The Balaban J connectivity index is 1.79. The number of rotatable bonds is 6. The summed E-state index contributed by atoms with van der Waals surface area (Å²) in [6.45, 7) is 0.918. The predicted molar refractivity (Wildman–Crippen MR) is 89.2 cm³/mol. The number of ether oxygens (including phenoxy) is 2. The van der Waals surface area contributed by atoms with E-state index >= 15 is 0 Å². The summed E-state index contributed by atoms with van der Waals surface area (Å²) in [7, 11) is 0. The van der Waals surface area contributed by atoms with Crippen LogP contribution in [0.2, 0.25) is 5.02 Å². The van der Waals surface area contributed by atoms with Gasteiger partial charge in [-0.05, 0) is 42.0 Å². The second-order valence-electron chi connectivity index (χ2n) is 4.05. The molecule has 0 unspecified atom stereocenters. The first-order valence-electron chi connectivity index (χ1n) is 6.04. The van der Waals surface area contributed by atoms with Gasteiger partial charge in [0.05, 0.1) is 5.02 Å². The van der Waals surface area contributed by atoms with E-state index in [4.69, 9.17) is 21.1 Å². The van der Waals surface area contributed by atoms with Crippen LogP contribution in [-0.4, -0.2) is 13.2 Å². The van der Waals surface area contributed by atoms with Gasteiger partial charge in [-0.25, -0.2) is 0 Å². The largest absolute Gasteiger partial charge is 0.490 e. The summed E-state index contributed by atoms with van der Waals surface area (Å²) in [5, 5.41) is 1.39. The van der Waals surface area contributed by atoms with E-state index < -0.39 is 0 Å². The molecule has 0 atom stereocenters. The predicted octanol–water partition coefficient (Wildman–Crippen LogP) is 5.46. The van der Waals surface area contributed by atoms with Crippen LogP contribution in [0.15, 0.2) is 46.9 Å². The van der Waals surface area contributed by atoms with Crippen LogP contribution in [0.5, 0.6) is 11.5 Å². The van der Waals surface area contributed by atoms with Crippen LogP contribution in [0.25, 0.3) is 0 Å². The zero-order chi connectivity index (χ0) is 14.4. The SMILES string of the molecule is Clc1cc(CBr)ccc1OCCOc1ccc(Br)cc1. The first-order chi connectivity index (χ1) is 9.69. The van der Waals surface area contributed by atoms with Crippen molar-refractivity contribution in [3.05, 3.63) is 57.5 Å². The number of halogens is 3. The highest BCUT2D eigenvalue weighted by Gasteiger charge is 2.03. The minimum atomic E-state index is 0.448. The van der Waals surface area contributed by atoms with Crippen molar-refractivity contribution in [3.63, 3.8) is 0 Å². The van der Waals surface area contributed by atoms with Gasteiger partial charge in [0.25, 0.3) is 0 Å². The van der Waals surface area contributed by atoms with Crippen molar-refractivity contribution >= 4 is 43.5 Å². The highest BCUT2D eigenvalue weighted by atomic mass is 79.9. The zero-order valence-corrected chi connectivity index (χ0v) is 14.5. The van der Waals surface area contributed by atoms with Crippen LogP contribution >= 0.6 is 43.5 Å². The van der Waals surface area contributed by atoms with Crippen LogP contribution in [0.1, 0.15) is 5.56 Å². The average molecular weight is 421 g/mol. The van der Waals surface area contributed by atoms with Gasteiger partial charge in [-0.15, -0.1) is 0 Å². The summed E-state index contributed by atoms with van der Waals surface area (Å²) in [5.74, 6) is 1.49. The van der Waals surface area contributed by atoms with E-state index in [0.717, 1.165) is 21.1 Å². The second kappa shape index (κ2) is 7.91. The van der Waals surface area contributed by atoms with Crippen molar-refractivity contribution in [1.29, 1.82) is 0 Å². The normalized spacial score (nSPS) is 10.3. The monoisotopic (exact) mass is 418 g/mol. The molecule has 2 aromatic carbocycles. The van der Waals surface area contributed by atoms with Gasteiger partial charge in [-0.2, -0.15) is 0 Å². The summed E-state index contributed by atoms with van der Waals surface area (Å²) in [5.41, 5.74) is 1.12. The molecule has 0 radical (unpaired) electrons. The van der Waals surface area contributed by atoms with Crippen molar-refractivity contribution in [2.75, 3.05) is 13.2 Å². The van der Waals surface area contributed by atoms with Gasteiger partial charge in [0.2, 0.25) is 0 Å². The molecule has 0 aliphatic carbocycles. The van der Waals surface area contributed by atoms with Crippen LogP contribution in [0.3, 0.4) is 0 Å². The van der Waals surface area contributed by atoms with E-state index in [9.17, 15) is 0 Å². The number of alkyl halides is 1. The Morgan fingerprint density at radius 1 is 0.950 bits per heavy atom. The molecule has 0 saturated heterocycles. The van der Waals surface area contributed by atoms with Crippen LogP contribution in [-0.2, 0) is 5.33 Å². The lowest BCUT2D eigenvalue weighted by molar-refractivity contribution is 0.217. The topological polar surface area (TPSA) is 18.5 Å². The van der Waals surface area contributed by atoms with Crippen molar-refractivity contribution in [3.8, 4) is 11.5 Å². The molecule has 0 spiro atoms. The lowest BCUT2D eigenvalue weighted by Gasteiger charge is -2.10. The third-order valence-electron chi connectivity index (χ3n) is 2.57. The maximum atomic E-state index is 6.13. The minimum Gasteiger partial charge on any atom is -0.490 e. The lowest BCUT2D eigenvalue weighted by Crippen LogP contribution is -2.09. The van der Waals surface area contributed by atoms with Gasteiger partial charge in [0, 0.05) is 9.80 Å². The molecule has 0 aliphatic heterocycles. The molecular formula is C15H13Br2ClO2. The molecule has 2 rings (SSSR count). The molecular weight excluding hydrogens is 407 g/mol. The minimum absolute atomic E-state index is 0.448. The molecule has 2 aromatic rings. The van der Waals surface area contributed by atoms with E-state index in [1.54, 1.807) is 0 Å². The number of benzene rings is 2. The third kappa shape index (κ3) is 4.69. The molecule has 0 amide bonds. The average Bonchev–Trinajstić information content (AvgIpc) is 2.46. The quantitative estimate of drug-likeness (QED) is 0.457. The summed E-state index contributed by atoms with van der Waals surface area (Å²) in [4.78, 5) is 0. The maximum Gasteiger partial charge on any atom is 0.138 e. The second-order valence-corrected chi connectivity index (χ2v) is 5.93. The summed E-state index contributed by atoms with van der Waals surface area (Å²) >= 11 is 12.9. The molecule has 5 heteroatoms. The Morgan fingerprint density at radius 2 is 1.65 bits per heavy atom. The van der Waals surface area contributed by atoms with Crippen LogP contribution in [0, 0.1) is 0 Å². The number of hydrogen-bond acceptors (Lipinski definition) is 2. The molecule has 0 aromatic heterocycles. The Kier molecular flexibility index (Phi) is 6.20. The van der Waals surface area contributed by atoms with Crippen LogP contribution in [0.4, 0.5) is 0 Å². The molecule has 0 aliphatic rings. The standard InChI is InChI=1S/C15H13Br2ClO2/c16-10-11-1-6-15(14(18)9-11)20-8-7-19-13-4-2-12(17)3-5-13/h1-6,9H,7-8,10H2. The van der Waals surface area contributed by atoms with Crippen molar-refractivity contribution in [2.45, 2.75) is 5.33 Å². The molecule has 2 nitrogen and oxygen atoms in total. The van der Waals surface area contributed by atoms with Crippen molar-refractivity contribution in [2.24, 2.45) is 0 Å². The fraction of sp³-hybridized carbons (Fsp3) is 0.200. The Labute approximate surface area is 140 Å². The van der Waals surface area contributed by atoms with E-state index in [1.807, 2.05) is 42.5 Å². The molecule has 0 fully saturated rings. The van der Waals surface area contributed by atoms with Crippen molar-refractivity contribution in [1.82, 2.24) is 0 Å². The van der Waals surface area contributed by atoms with E-state index in [0.29, 0.717) is 24.0 Å². The zero-order valence-electron chi connectivity index (χ0n) is 10.6. The molecule has 106 valence electrons. The van der Waals surface area contributed by atoms with Crippen molar-refractivity contribution < 1.29 is 9.47 Å². The first kappa shape index (κ1) is 15.7. The third-order valence-corrected chi connectivity index (χ3v) is 4.05. The van der Waals surface area contributed by atoms with Gasteiger partial charge >= 0.3 is 0 Å².